The van der Waals surface area contributed by atoms with E-state index in [9.17, 15) is 14.7 Å². The molecule has 46 heavy (non-hydrogen) atoms. The summed E-state index contributed by atoms with van der Waals surface area (Å²) in [6.07, 6.45) is 34.8. The Balaban J connectivity index is 5.35. The third-order valence-electron chi connectivity index (χ3n) is 10.1. The molecule has 0 aromatic heterocycles. The summed E-state index contributed by atoms with van der Waals surface area (Å²) < 4.78 is 6.65. The summed E-state index contributed by atoms with van der Waals surface area (Å²) in [4.78, 5) is 26.1. The average Bonchev–Trinajstić information content (AvgIpc) is 3.04. The molecule has 0 saturated carbocycles. The molecule has 0 aliphatic heterocycles. The first-order valence-corrected chi connectivity index (χ1v) is 23.0. The van der Waals surface area contributed by atoms with Gasteiger partial charge in [0.15, 0.2) is 0 Å². The van der Waals surface area contributed by atoms with Gasteiger partial charge in [-0.15, -0.1) is 0 Å². The summed E-state index contributed by atoms with van der Waals surface area (Å²) in [6.45, 7) is 13.1. The van der Waals surface area contributed by atoms with Crippen LogP contribution in [0.5, 0.6) is 0 Å². The highest BCUT2D eigenvalue weighted by molar-refractivity contribution is 6.75. The van der Waals surface area contributed by atoms with Crippen molar-refractivity contribution < 1.29 is 19.1 Å². The largest absolute Gasteiger partial charge is 0.516 e. The van der Waals surface area contributed by atoms with Gasteiger partial charge < -0.3 is 9.53 Å². The average molecular weight is 665 g/mol. The maximum absolute atomic E-state index is 13.8. The molecule has 0 aromatic carbocycles. The van der Waals surface area contributed by atoms with E-state index >= 15 is 0 Å². The normalized spacial score (nSPS) is 12.3. The number of hydrogen-bond donors (Lipinski definition) is 1. The zero-order chi connectivity index (χ0) is 34.1. The van der Waals surface area contributed by atoms with Crippen LogP contribution < -0.4 is 0 Å². The van der Waals surface area contributed by atoms with E-state index in [1.165, 1.54) is 141 Å². The van der Waals surface area contributed by atoms with Crippen LogP contribution in [-0.2, 0) is 14.0 Å². The van der Waals surface area contributed by atoms with Gasteiger partial charge in [0, 0.05) is 5.57 Å². The Labute approximate surface area is 288 Å². The molecule has 1 N–H and O–H groups in total. The number of unbranched alkanes of at least 4 members (excludes halogenated alkanes) is 24. The minimum absolute atomic E-state index is 0.189. The second kappa shape index (κ2) is 32.4. The molecule has 0 heterocycles. The van der Waals surface area contributed by atoms with Crippen molar-refractivity contribution in [1.82, 2.24) is 0 Å². The topological polar surface area (TPSA) is 63.6 Å². The molecule has 0 aliphatic carbocycles. The first kappa shape index (κ1) is 44.9. The Hall–Kier alpha value is -1.10. The van der Waals surface area contributed by atoms with Gasteiger partial charge in [-0.3, -0.25) is 4.79 Å². The number of aliphatic carboxylic acids is 1. The zero-order valence-electron chi connectivity index (χ0n) is 31.6. The van der Waals surface area contributed by atoms with Crippen LogP contribution in [-0.4, -0.2) is 25.4 Å². The van der Waals surface area contributed by atoms with E-state index in [2.05, 4.69) is 34.3 Å². The summed E-state index contributed by atoms with van der Waals surface area (Å²) in [5, 5.41) is 10.1. The van der Waals surface area contributed by atoms with Crippen molar-refractivity contribution >= 4 is 20.3 Å². The molecule has 0 saturated heterocycles. The van der Waals surface area contributed by atoms with Crippen molar-refractivity contribution in [2.24, 2.45) is 5.92 Å². The highest BCUT2D eigenvalue weighted by Gasteiger charge is 2.39. The molecular weight excluding hydrogens is 585 g/mol. The Bertz CT molecular complexity index is 680. The SMILES string of the molecule is C=C(C(=O)O[Si](CCCCCCCC)(CCCCCCCC)CCCCCCCC)C(CCCCCCCCCCCC)C(=O)O. The molecule has 0 aromatic rings. The van der Waals surface area contributed by atoms with Crippen molar-refractivity contribution in [1.29, 1.82) is 0 Å². The highest BCUT2D eigenvalue weighted by Crippen LogP contribution is 2.33. The van der Waals surface area contributed by atoms with Crippen LogP contribution >= 0.6 is 0 Å². The van der Waals surface area contributed by atoms with E-state index in [0.717, 1.165) is 56.7 Å². The van der Waals surface area contributed by atoms with Crippen molar-refractivity contribution in [2.75, 3.05) is 0 Å². The summed E-state index contributed by atoms with van der Waals surface area (Å²) in [7, 11) is -2.38. The molecule has 272 valence electrons. The quantitative estimate of drug-likeness (QED) is 0.0411. The van der Waals surface area contributed by atoms with Gasteiger partial charge in [-0.25, -0.2) is 4.79 Å². The smallest absolute Gasteiger partial charge is 0.320 e. The van der Waals surface area contributed by atoms with Crippen LogP contribution in [0.25, 0.3) is 0 Å². The van der Waals surface area contributed by atoms with Gasteiger partial charge in [0.2, 0.25) is 0 Å². The molecule has 0 rings (SSSR count). The highest BCUT2D eigenvalue weighted by atomic mass is 28.4. The molecule has 0 bridgehead atoms. The molecule has 1 unspecified atom stereocenters. The van der Waals surface area contributed by atoms with Gasteiger partial charge in [0.25, 0.3) is 8.32 Å². The fraction of sp³-hybridized carbons (Fsp3) is 0.902. The zero-order valence-corrected chi connectivity index (χ0v) is 32.6. The Morgan fingerprint density at radius 1 is 0.500 bits per heavy atom. The summed E-state index contributed by atoms with van der Waals surface area (Å²) >= 11 is 0. The fourth-order valence-electron chi connectivity index (χ4n) is 6.90. The molecule has 5 heteroatoms. The number of carbonyl (C=O) groups is 2. The lowest BCUT2D eigenvalue weighted by molar-refractivity contribution is -0.143. The van der Waals surface area contributed by atoms with Crippen molar-refractivity contribution in [3.63, 3.8) is 0 Å². The van der Waals surface area contributed by atoms with Crippen LogP contribution in [0.15, 0.2) is 12.2 Å². The molecule has 0 radical (unpaired) electrons. The summed E-state index contributed by atoms with van der Waals surface area (Å²) in [6, 6.07) is 3.08. The van der Waals surface area contributed by atoms with Crippen LogP contribution in [0, 0.1) is 5.92 Å². The van der Waals surface area contributed by atoms with Crippen molar-refractivity contribution in [3.8, 4) is 0 Å². The van der Waals surface area contributed by atoms with Crippen LogP contribution in [0.1, 0.15) is 214 Å². The van der Waals surface area contributed by atoms with Crippen LogP contribution in [0.3, 0.4) is 0 Å². The Morgan fingerprint density at radius 3 is 1.09 bits per heavy atom. The van der Waals surface area contributed by atoms with E-state index in [1.807, 2.05) is 0 Å². The Morgan fingerprint density at radius 2 is 0.783 bits per heavy atom. The van der Waals surface area contributed by atoms with E-state index in [4.69, 9.17) is 4.43 Å². The minimum atomic E-state index is -2.38. The van der Waals surface area contributed by atoms with Crippen molar-refractivity contribution in [3.05, 3.63) is 12.2 Å². The van der Waals surface area contributed by atoms with Gasteiger partial charge >= 0.3 is 11.9 Å². The van der Waals surface area contributed by atoms with E-state index < -0.39 is 26.2 Å². The van der Waals surface area contributed by atoms with E-state index in [1.54, 1.807) is 0 Å². The third-order valence-corrected chi connectivity index (χ3v) is 14.5. The predicted octanol–water partition coefficient (Wildman–Crippen LogP) is 14.1. The molecule has 0 aliphatic rings. The predicted molar refractivity (Wildman–Crippen MR) is 203 cm³/mol. The number of carbonyl (C=O) groups excluding carboxylic acids is 1. The van der Waals surface area contributed by atoms with Crippen LogP contribution in [0.2, 0.25) is 18.1 Å². The minimum Gasteiger partial charge on any atom is -0.516 e. The first-order chi connectivity index (χ1) is 22.4. The van der Waals surface area contributed by atoms with E-state index in [0.29, 0.717) is 6.42 Å². The summed E-state index contributed by atoms with van der Waals surface area (Å²) in [5.74, 6) is -2.15. The number of carboxylic acids is 1. The van der Waals surface area contributed by atoms with E-state index in [-0.39, 0.29) is 5.57 Å². The fourth-order valence-corrected chi connectivity index (χ4v) is 11.2. The lowest BCUT2D eigenvalue weighted by Crippen LogP contribution is -2.41. The van der Waals surface area contributed by atoms with Gasteiger partial charge in [-0.1, -0.05) is 214 Å². The molecule has 0 spiro atoms. The van der Waals surface area contributed by atoms with Gasteiger partial charge in [-0.05, 0) is 24.6 Å². The number of carboxylic acid groups (broad SMARTS) is 1. The second-order valence-electron chi connectivity index (χ2n) is 14.5. The lowest BCUT2D eigenvalue weighted by Gasteiger charge is -2.32. The standard InChI is InChI=1S/C41H80O4Si/c1-6-10-14-18-22-23-24-25-26-30-34-39(40(42)43)38(5)41(44)45-46(35-31-27-19-15-11-7-2,36-32-28-20-16-12-8-3)37-33-29-21-17-13-9-4/h39H,5-37H2,1-4H3,(H,42,43). The monoisotopic (exact) mass is 665 g/mol. The maximum atomic E-state index is 13.8. The molecule has 4 nitrogen and oxygen atoms in total. The second-order valence-corrected chi connectivity index (χ2v) is 18.6. The molecule has 0 amide bonds. The molecule has 0 fully saturated rings. The summed E-state index contributed by atoms with van der Waals surface area (Å²) in [5.41, 5.74) is 0.189. The number of hydrogen-bond acceptors (Lipinski definition) is 3. The maximum Gasteiger partial charge on any atom is 0.320 e. The Kier molecular flexibility index (Phi) is 31.7. The lowest BCUT2D eigenvalue weighted by atomic mass is 9.93. The third kappa shape index (κ3) is 25.0. The van der Waals surface area contributed by atoms with Crippen molar-refractivity contribution in [2.45, 2.75) is 232 Å². The molecule has 1 atom stereocenters. The first-order valence-electron chi connectivity index (χ1n) is 20.5. The molecular formula is C41H80O4Si. The van der Waals surface area contributed by atoms with Gasteiger partial charge in [-0.2, -0.15) is 0 Å². The number of rotatable bonds is 36. The van der Waals surface area contributed by atoms with Crippen LogP contribution in [0.4, 0.5) is 0 Å². The van der Waals surface area contributed by atoms with Gasteiger partial charge in [0.05, 0.1) is 5.92 Å². The van der Waals surface area contributed by atoms with Gasteiger partial charge in [0.1, 0.15) is 0 Å².